The number of anilines is 1. The fraction of sp³-hybridized carbons (Fsp3) is 0.588. The Bertz CT molecular complexity index is 545. The van der Waals surface area contributed by atoms with Gasteiger partial charge >= 0.3 is 0 Å². The molecular weight excluding hydrogens is 296 g/mol. The summed E-state index contributed by atoms with van der Waals surface area (Å²) in [4.78, 5) is 14.7. The normalized spacial score (nSPS) is 23.0. The Balaban J connectivity index is 1.65. The average Bonchev–Trinajstić information content (AvgIpc) is 3.36. The van der Waals surface area contributed by atoms with Crippen molar-refractivity contribution in [2.45, 2.75) is 36.5 Å². The van der Waals surface area contributed by atoms with E-state index in [1.165, 1.54) is 0 Å². The number of thioether (sulfide) groups is 1. The van der Waals surface area contributed by atoms with E-state index in [0.717, 1.165) is 50.2 Å². The Morgan fingerprint density at radius 3 is 2.86 bits per heavy atom. The number of benzene rings is 1. The first-order valence-electron chi connectivity index (χ1n) is 7.92. The van der Waals surface area contributed by atoms with E-state index < -0.39 is 0 Å². The predicted molar refractivity (Wildman–Crippen MR) is 91.9 cm³/mol. The van der Waals surface area contributed by atoms with Gasteiger partial charge in [-0.15, -0.1) is 11.8 Å². The van der Waals surface area contributed by atoms with Crippen LogP contribution in [0.4, 0.5) is 5.69 Å². The van der Waals surface area contributed by atoms with Crippen molar-refractivity contribution in [1.29, 1.82) is 0 Å². The molecule has 3 rings (SSSR count). The van der Waals surface area contributed by atoms with Gasteiger partial charge < -0.3 is 15.0 Å². The monoisotopic (exact) mass is 320 g/mol. The highest BCUT2D eigenvalue weighted by atomic mass is 32.2. The molecule has 5 heteroatoms. The molecule has 1 amide bonds. The molecule has 4 nitrogen and oxygen atoms in total. The number of carbonyl (C=O) groups excluding carboxylic acids is 1. The summed E-state index contributed by atoms with van der Waals surface area (Å²) in [5.74, 6) is 1.13. The van der Waals surface area contributed by atoms with Crippen LogP contribution in [0.25, 0.3) is 0 Å². The summed E-state index contributed by atoms with van der Waals surface area (Å²) < 4.78 is 5.33. The summed E-state index contributed by atoms with van der Waals surface area (Å²) in [5.41, 5.74) is 1.12. The van der Waals surface area contributed by atoms with Crippen LogP contribution in [0.15, 0.2) is 24.3 Å². The van der Waals surface area contributed by atoms with Crippen molar-refractivity contribution in [3.8, 4) is 5.75 Å². The van der Waals surface area contributed by atoms with Crippen molar-refractivity contribution in [2.24, 2.45) is 0 Å². The summed E-state index contributed by atoms with van der Waals surface area (Å²) in [7, 11) is 1.71. The quantitative estimate of drug-likeness (QED) is 0.906. The van der Waals surface area contributed by atoms with Crippen molar-refractivity contribution < 1.29 is 9.53 Å². The van der Waals surface area contributed by atoms with Crippen LogP contribution in [0.1, 0.15) is 25.7 Å². The van der Waals surface area contributed by atoms with Gasteiger partial charge in [-0.1, -0.05) is 12.1 Å². The lowest BCUT2D eigenvalue weighted by Crippen LogP contribution is -2.50. The molecule has 2 aliphatic rings. The number of hydrogen-bond acceptors (Lipinski definition) is 4. The standard InChI is InChI=1S/C17H24N2O2S/c1-21-15-8-4-3-7-14(15)19-11-5-6-13(12-19)18-16(20)17(22-2)9-10-17/h3-4,7-8,13H,5-6,9-12H2,1-2H3,(H,18,20)/t13-/m0/s1. The topological polar surface area (TPSA) is 41.6 Å². The van der Waals surface area contributed by atoms with Gasteiger partial charge in [0.25, 0.3) is 0 Å². The van der Waals surface area contributed by atoms with Gasteiger partial charge in [0, 0.05) is 19.1 Å². The third kappa shape index (κ3) is 3.05. The predicted octanol–water partition coefficient (Wildman–Crippen LogP) is 2.68. The smallest absolute Gasteiger partial charge is 0.236 e. The van der Waals surface area contributed by atoms with E-state index >= 15 is 0 Å². The Labute approximate surface area is 136 Å². The van der Waals surface area contributed by atoms with Gasteiger partial charge in [-0.25, -0.2) is 0 Å². The Kier molecular flexibility index (Phi) is 4.52. The molecule has 1 heterocycles. The highest BCUT2D eigenvalue weighted by molar-refractivity contribution is 8.01. The number of rotatable bonds is 5. The van der Waals surface area contributed by atoms with Gasteiger partial charge in [0.15, 0.2) is 0 Å². The van der Waals surface area contributed by atoms with Crippen LogP contribution in [0, 0.1) is 0 Å². The fourth-order valence-corrected chi connectivity index (χ4v) is 3.91. The molecule has 1 N–H and O–H groups in total. The molecule has 0 bridgehead atoms. The van der Waals surface area contributed by atoms with Crippen molar-refractivity contribution in [1.82, 2.24) is 5.32 Å². The zero-order chi connectivity index (χ0) is 15.6. The van der Waals surface area contributed by atoms with Crippen LogP contribution in [-0.4, -0.2) is 43.2 Å². The van der Waals surface area contributed by atoms with E-state index in [1.807, 2.05) is 24.5 Å². The highest BCUT2D eigenvalue weighted by Crippen LogP contribution is 2.47. The third-order valence-corrected chi connectivity index (χ3v) is 6.07. The third-order valence-electron chi connectivity index (χ3n) is 4.69. The number of piperidine rings is 1. The molecule has 120 valence electrons. The van der Waals surface area contributed by atoms with E-state index in [4.69, 9.17) is 4.74 Å². The molecule has 1 aliphatic heterocycles. The number of para-hydroxylation sites is 2. The largest absolute Gasteiger partial charge is 0.495 e. The van der Waals surface area contributed by atoms with Gasteiger partial charge in [-0.2, -0.15) is 0 Å². The second-order valence-corrected chi connectivity index (χ2v) is 7.32. The molecule has 0 unspecified atom stereocenters. The van der Waals surface area contributed by atoms with Crippen LogP contribution in [-0.2, 0) is 4.79 Å². The zero-order valence-corrected chi connectivity index (χ0v) is 14.1. The SMILES string of the molecule is COc1ccccc1N1CCC[C@H](NC(=O)C2(SC)CC2)C1. The maximum absolute atomic E-state index is 12.4. The number of carbonyl (C=O) groups is 1. The minimum Gasteiger partial charge on any atom is -0.495 e. The molecule has 1 aliphatic carbocycles. The van der Waals surface area contributed by atoms with Crippen molar-refractivity contribution >= 4 is 23.4 Å². The maximum atomic E-state index is 12.4. The summed E-state index contributed by atoms with van der Waals surface area (Å²) in [6, 6.07) is 8.33. The van der Waals surface area contributed by atoms with Crippen LogP contribution in [0.3, 0.4) is 0 Å². The minimum absolute atomic E-state index is 0.132. The van der Waals surface area contributed by atoms with Gasteiger partial charge in [0.1, 0.15) is 5.75 Å². The van der Waals surface area contributed by atoms with Gasteiger partial charge in [0.05, 0.1) is 17.5 Å². The molecular formula is C17H24N2O2S. The van der Waals surface area contributed by atoms with Crippen LogP contribution < -0.4 is 15.0 Å². The molecule has 22 heavy (non-hydrogen) atoms. The van der Waals surface area contributed by atoms with E-state index in [1.54, 1.807) is 18.9 Å². The van der Waals surface area contributed by atoms with Gasteiger partial charge in [0.2, 0.25) is 5.91 Å². The molecule has 0 spiro atoms. The molecule has 1 aromatic rings. The molecule has 2 fully saturated rings. The number of amides is 1. The lowest BCUT2D eigenvalue weighted by molar-refractivity contribution is -0.122. The fourth-order valence-electron chi connectivity index (χ4n) is 3.16. The molecule has 1 aromatic carbocycles. The van der Waals surface area contributed by atoms with Gasteiger partial charge in [-0.05, 0) is 44.1 Å². The van der Waals surface area contributed by atoms with Crippen molar-refractivity contribution in [3.63, 3.8) is 0 Å². The molecule has 0 aromatic heterocycles. The highest BCUT2D eigenvalue weighted by Gasteiger charge is 2.49. The number of nitrogens with one attached hydrogen (secondary N) is 1. The Hall–Kier alpha value is -1.36. The Morgan fingerprint density at radius 2 is 2.18 bits per heavy atom. The first-order valence-corrected chi connectivity index (χ1v) is 9.15. The maximum Gasteiger partial charge on any atom is 0.236 e. The van der Waals surface area contributed by atoms with E-state index in [-0.39, 0.29) is 16.7 Å². The molecule has 1 atom stereocenters. The molecule has 1 saturated carbocycles. The molecule has 1 saturated heterocycles. The summed E-state index contributed by atoms with van der Waals surface area (Å²) in [5, 5.41) is 3.27. The molecule has 0 radical (unpaired) electrons. The lowest BCUT2D eigenvalue weighted by atomic mass is 10.0. The number of ether oxygens (including phenoxy) is 1. The van der Waals surface area contributed by atoms with Crippen LogP contribution in [0.2, 0.25) is 0 Å². The van der Waals surface area contributed by atoms with Crippen molar-refractivity contribution in [3.05, 3.63) is 24.3 Å². The summed E-state index contributed by atoms with van der Waals surface area (Å²) in [6.45, 7) is 1.87. The zero-order valence-electron chi connectivity index (χ0n) is 13.3. The van der Waals surface area contributed by atoms with E-state index in [2.05, 4.69) is 16.3 Å². The number of methoxy groups -OCH3 is 1. The summed E-state index contributed by atoms with van der Waals surface area (Å²) >= 11 is 1.69. The second kappa shape index (κ2) is 6.41. The van der Waals surface area contributed by atoms with Crippen molar-refractivity contribution in [2.75, 3.05) is 31.4 Å². The second-order valence-electron chi connectivity index (χ2n) is 6.13. The lowest BCUT2D eigenvalue weighted by Gasteiger charge is -2.36. The van der Waals surface area contributed by atoms with E-state index in [9.17, 15) is 4.79 Å². The Morgan fingerprint density at radius 1 is 1.41 bits per heavy atom. The summed E-state index contributed by atoms with van der Waals surface area (Å²) in [6.07, 6.45) is 6.22. The first-order chi connectivity index (χ1) is 10.7. The van der Waals surface area contributed by atoms with Gasteiger partial charge in [-0.3, -0.25) is 4.79 Å². The van der Waals surface area contributed by atoms with E-state index in [0.29, 0.717) is 0 Å². The first kappa shape index (κ1) is 15.5. The van der Waals surface area contributed by atoms with Crippen LogP contribution >= 0.6 is 11.8 Å². The number of nitrogens with zero attached hydrogens (tertiary/aromatic N) is 1. The average molecular weight is 320 g/mol. The van der Waals surface area contributed by atoms with Crippen LogP contribution in [0.5, 0.6) is 5.75 Å². The number of hydrogen-bond donors (Lipinski definition) is 1. The minimum atomic E-state index is -0.132.